The Bertz CT molecular complexity index is 99.6. The van der Waals surface area contributed by atoms with Crippen LogP contribution in [0.3, 0.4) is 0 Å². The smallest absolute Gasteiger partial charge is 0.512 e. The van der Waals surface area contributed by atoms with Crippen LogP contribution in [-0.4, -0.2) is 36.5 Å². The van der Waals surface area contributed by atoms with Crippen LogP contribution < -0.4 is 51.4 Å². The molecule has 10 heavy (non-hydrogen) atoms. The average Bonchev–Trinajstić information content (AvgIpc) is 1.63. The van der Waals surface area contributed by atoms with Crippen LogP contribution in [0.15, 0.2) is 0 Å². The summed E-state index contributed by atoms with van der Waals surface area (Å²) in [5.41, 5.74) is 0. The molecule has 0 aliphatic rings. The first kappa shape index (κ1) is 14.2. The van der Waals surface area contributed by atoms with Gasteiger partial charge in [0, 0.05) is 10.9 Å². The Morgan fingerprint density at radius 2 is 2.10 bits per heavy atom. The Morgan fingerprint density at radius 1 is 1.60 bits per heavy atom. The molecule has 0 spiro atoms. The van der Waals surface area contributed by atoms with E-state index < -0.39 is 0 Å². The zero-order chi connectivity index (χ0) is 7.28. The normalized spacial score (nSPS) is 8.70. The van der Waals surface area contributed by atoms with Crippen molar-refractivity contribution in [2.45, 2.75) is 0 Å². The van der Waals surface area contributed by atoms with E-state index in [0.29, 0.717) is 6.61 Å². The maximum Gasteiger partial charge on any atom is 1.00 e. The van der Waals surface area contributed by atoms with Gasteiger partial charge in [-0.05, 0) is 14.1 Å². The monoisotopic (exact) mass is 203 g/mol. The van der Waals surface area contributed by atoms with Gasteiger partial charge in [-0.25, -0.2) is 0 Å². The van der Waals surface area contributed by atoms with Gasteiger partial charge in [0.1, 0.15) is 0 Å². The quantitative estimate of drug-likeness (QED) is 0.283. The summed E-state index contributed by atoms with van der Waals surface area (Å²) in [6, 6.07) is 0. The zero-order valence-electron chi connectivity index (χ0n) is 6.59. The molecule has 0 bridgehead atoms. The van der Waals surface area contributed by atoms with Gasteiger partial charge in [-0.2, -0.15) is 0 Å². The predicted octanol–water partition coefficient (Wildman–Crippen LogP) is -2.60. The molecule has 0 fully saturated rings. The molecule has 0 rings (SSSR count). The molecule has 0 unspecified atom stereocenters. The van der Waals surface area contributed by atoms with Gasteiger partial charge in [-0.3, -0.25) is 0 Å². The summed E-state index contributed by atoms with van der Waals surface area (Å²) in [6.07, 6.45) is 0. The van der Waals surface area contributed by atoms with Crippen molar-refractivity contribution in [1.82, 2.24) is 4.90 Å². The van der Waals surface area contributed by atoms with Crippen molar-refractivity contribution < 1.29 is 56.1 Å². The zero-order valence-corrected chi connectivity index (χ0v) is 11.3. The van der Waals surface area contributed by atoms with Crippen molar-refractivity contribution in [2.24, 2.45) is 0 Å². The summed E-state index contributed by atoms with van der Waals surface area (Å²) >= 11 is 9.04. The average molecular weight is 203 g/mol. The summed E-state index contributed by atoms with van der Waals surface area (Å²) in [5.74, 6) is 0. The number of rotatable bonds is 3. The fraction of sp³-hybridized carbons (Fsp3) is 0.800. The maximum atomic E-state index is 4.86. The van der Waals surface area contributed by atoms with Crippen molar-refractivity contribution >= 4 is 29.2 Å². The maximum absolute atomic E-state index is 4.86. The van der Waals surface area contributed by atoms with Gasteiger partial charge in [0.25, 0.3) is 0 Å². The summed E-state index contributed by atoms with van der Waals surface area (Å²) in [4.78, 5) is 2.01. The number of nitrogens with zero attached hydrogens (tertiary/aromatic N) is 1. The largest absolute Gasteiger partial charge is 1.00 e. The molecule has 0 N–H and O–H groups in total. The summed E-state index contributed by atoms with van der Waals surface area (Å²) in [7, 11) is 3.94. The van der Waals surface area contributed by atoms with Crippen LogP contribution in [0.2, 0.25) is 0 Å². The van der Waals surface area contributed by atoms with Crippen LogP contribution >= 0.6 is 12.2 Å². The molecular formula is C5H10KNOS2. The van der Waals surface area contributed by atoms with Crippen molar-refractivity contribution in [2.75, 3.05) is 27.2 Å². The first-order chi connectivity index (χ1) is 4.13. The Morgan fingerprint density at radius 3 is 2.40 bits per heavy atom. The minimum absolute atomic E-state index is 0. The third-order valence-corrected chi connectivity index (χ3v) is 0.994. The van der Waals surface area contributed by atoms with E-state index in [-0.39, 0.29) is 55.8 Å². The third-order valence-electron chi connectivity index (χ3n) is 0.758. The third kappa shape index (κ3) is 12.4. The number of hydrogen-bond acceptors (Lipinski definition) is 4. The van der Waals surface area contributed by atoms with E-state index in [1.807, 2.05) is 19.0 Å². The SMILES string of the molecule is CN(C)CCOC(=S)[S-].[K+]. The fourth-order valence-corrected chi connectivity index (χ4v) is 0.478. The Kier molecular flexibility index (Phi) is 12.5. The van der Waals surface area contributed by atoms with Crippen LogP contribution in [0.25, 0.3) is 0 Å². The standard InChI is InChI=1S/C5H11NOS2.K/c1-6(2)3-4-7-5(8)9;/h3-4H2,1-2H3,(H,8,9);/q;+1/p-1. The molecule has 0 amide bonds. The van der Waals surface area contributed by atoms with Gasteiger partial charge in [-0.15, -0.1) is 0 Å². The molecule has 0 aromatic rings. The van der Waals surface area contributed by atoms with E-state index in [1.54, 1.807) is 0 Å². The molecule has 0 aromatic heterocycles. The molecule has 5 heteroatoms. The molecule has 2 nitrogen and oxygen atoms in total. The molecule has 0 saturated heterocycles. The second-order valence-corrected chi connectivity index (χ2v) is 2.90. The fourth-order valence-electron chi connectivity index (χ4n) is 0.312. The van der Waals surface area contributed by atoms with Gasteiger partial charge in [-0.1, -0.05) is 0 Å². The van der Waals surface area contributed by atoms with Gasteiger partial charge >= 0.3 is 51.4 Å². The van der Waals surface area contributed by atoms with Gasteiger partial charge in [0.15, 0.2) is 0 Å². The molecule has 0 atom stereocenters. The molecule has 54 valence electrons. The number of thiocarbonyl (C=S) groups is 1. The summed E-state index contributed by atoms with van der Waals surface area (Å²) in [6.45, 7) is 1.45. The topological polar surface area (TPSA) is 12.5 Å². The number of likely N-dealkylation sites (N-methyl/N-ethyl adjacent to an activating group) is 1. The van der Waals surface area contributed by atoms with Crippen molar-refractivity contribution in [1.29, 1.82) is 0 Å². The molecule has 0 radical (unpaired) electrons. The second kappa shape index (κ2) is 8.80. The van der Waals surface area contributed by atoms with Crippen LogP contribution in [0.5, 0.6) is 0 Å². The van der Waals surface area contributed by atoms with Gasteiger partial charge in [0.2, 0.25) is 0 Å². The molecule has 0 aliphatic carbocycles. The van der Waals surface area contributed by atoms with E-state index in [9.17, 15) is 0 Å². The first-order valence-corrected chi connectivity index (χ1v) is 3.43. The first-order valence-electron chi connectivity index (χ1n) is 2.61. The van der Waals surface area contributed by atoms with Crippen LogP contribution in [0, 0.1) is 0 Å². The van der Waals surface area contributed by atoms with Crippen LogP contribution in [0.1, 0.15) is 0 Å². The van der Waals surface area contributed by atoms with E-state index in [1.165, 1.54) is 0 Å². The Balaban J connectivity index is 0. The molecule has 0 heterocycles. The number of ether oxygens (including phenoxy) is 1. The second-order valence-electron chi connectivity index (χ2n) is 1.90. The Hall–Kier alpha value is 1.71. The van der Waals surface area contributed by atoms with E-state index in [4.69, 9.17) is 4.74 Å². The van der Waals surface area contributed by atoms with Gasteiger partial charge < -0.3 is 34.5 Å². The predicted molar refractivity (Wildman–Crippen MR) is 44.5 cm³/mol. The van der Waals surface area contributed by atoms with Crippen molar-refractivity contribution in [3.63, 3.8) is 0 Å². The van der Waals surface area contributed by atoms with E-state index in [0.717, 1.165) is 6.54 Å². The molecule has 0 aromatic carbocycles. The van der Waals surface area contributed by atoms with Crippen LogP contribution in [-0.2, 0) is 17.4 Å². The van der Waals surface area contributed by atoms with Crippen molar-refractivity contribution in [3.8, 4) is 0 Å². The molecule has 0 aliphatic heterocycles. The van der Waals surface area contributed by atoms with E-state index in [2.05, 4.69) is 24.8 Å². The van der Waals surface area contributed by atoms with E-state index >= 15 is 0 Å². The van der Waals surface area contributed by atoms with Gasteiger partial charge in [0.05, 0.1) is 6.61 Å². The van der Waals surface area contributed by atoms with Crippen LogP contribution in [0.4, 0.5) is 0 Å². The minimum atomic E-state index is 0. The number of hydrogen-bond donors (Lipinski definition) is 0. The van der Waals surface area contributed by atoms with Crippen molar-refractivity contribution in [3.05, 3.63) is 0 Å². The summed E-state index contributed by atoms with van der Waals surface area (Å²) < 4.78 is 5.06. The molecule has 0 saturated carbocycles. The molecular weight excluding hydrogens is 193 g/mol. The summed E-state index contributed by atoms with van der Waals surface area (Å²) in [5, 5.41) is 0. The minimum Gasteiger partial charge on any atom is -0.512 e. The Labute approximate surface area is 116 Å².